The Morgan fingerprint density at radius 1 is 1.16 bits per heavy atom. The van der Waals surface area contributed by atoms with Gasteiger partial charge in [-0.3, -0.25) is 4.79 Å². The second kappa shape index (κ2) is 10.0. The molecule has 1 unspecified atom stereocenters. The molecule has 0 spiro atoms. The average molecular weight is 351 g/mol. The summed E-state index contributed by atoms with van der Waals surface area (Å²) >= 11 is 0. The van der Waals surface area contributed by atoms with Crippen molar-refractivity contribution in [1.82, 2.24) is 0 Å². The largest absolute Gasteiger partial charge is 0.493 e. The first-order chi connectivity index (χ1) is 11.9. The number of hydrogen-bond acceptors (Lipinski definition) is 5. The third kappa shape index (κ3) is 5.74. The topological polar surface area (TPSA) is 73.9 Å². The Morgan fingerprint density at radius 2 is 1.88 bits per heavy atom. The minimum absolute atomic E-state index is 0.257. The molecule has 0 bridgehead atoms. The van der Waals surface area contributed by atoms with E-state index in [1.54, 1.807) is 25.1 Å². The molecule has 0 saturated heterocycles. The van der Waals surface area contributed by atoms with Gasteiger partial charge in [0, 0.05) is 12.8 Å². The Balaban J connectivity index is 3.01. The van der Waals surface area contributed by atoms with Gasteiger partial charge in [-0.15, -0.1) is 0 Å². The Bertz CT molecular complexity index is 587. The second-order valence-corrected chi connectivity index (χ2v) is 6.04. The van der Waals surface area contributed by atoms with Gasteiger partial charge in [0.2, 0.25) is 0 Å². The molecule has 1 aromatic carbocycles. The minimum Gasteiger partial charge on any atom is -0.493 e. The van der Waals surface area contributed by atoms with Crippen LogP contribution in [0.1, 0.15) is 56.8 Å². The molecule has 140 valence electrons. The van der Waals surface area contributed by atoms with Crippen LogP contribution in [0.2, 0.25) is 0 Å². The van der Waals surface area contributed by atoms with Crippen LogP contribution in [0.25, 0.3) is 0 Å². The van der Waals surface area contributed by atoms with Crippen LogP contribution in [0.5, 0.6) is 5.75 Å². The number of rotatable bonds is 10. The highest BCUT2D eigenvalue weighted by Crippen LogP contribution is 2.26. The van der Waals surface area contributed by atoms with E-state index in [-0.39, 0.29) is 11.5 Å². The van der Waals surface area contributed by atoms with Gasteiger partial charge in [0.1, 0.15) is 16.9 Å². The Kier molecular flexibility index (Phi) is 8.41. The first-order valence-corrected chi connectivity index (χ1v) is 8.63. The summed E-state index contributed by atoms with van der Waals surface area (Å²) in [6, 6.07) is 4.93. The lowest BCUT2D eigenvalue weighted by molar-refractivity contribution is -0.136. The van der Waals surface area contributed by atoms with Crippen LogP contribution < -0.4 is 10.1 Å². The molecule has 0 fully saturated rings. The van der Waals surface area contributed by atoms with Crippen LogP contribution in [0, 0.1) is 0 Å². The number of carbonyl (C=O) groups excluding carboxylic acids is 2. The molecule has 0 saturated carbocycles. The highest BCUT2D eigenvalue weighted by atomic mass is 16.5. The number of amides is 1. The number of nitrogens with one attached hydrogen (secondary N) is 1. The van der Waals surface area contributed by atoms with E-state index >= 15 is 0 Å². The summed E-state index contributed by atoms with van der Waals surface area (Å²) in [5, 5.41) is 2.80. The molecule has 0 radical (unpaired) electrons. The number of carbonyl (C=O) groups is 2. The molecule has 0 aliphatic rings. The van der Waals surface area contributed by atoms with Crippen molar-refractivity contribution in [3.05, 3.63) is 23.8 Å². The molecule has 6 heteroatoms. The van der Waals surface area contributed by atoms with Crippen LogP contribution in [0.4, 0.5) is 5.69 Å². The van der Waals surface area contributed by atoms with Gasteiger partial charge < -0.3 is 19.5 Å². The summed E-state index contributed by atoms with van der Waals surface area (Å²) < 4.78 is 15.8. The van der Waals surface area contributed by atoms with E-state index in [2.05, 4.69) is 12.2 Å². The standard InChI is InChI=1S/C19H29NO5/c1-6-8-12-25-16-10-9-14(13-15(16)17(21)23-4)20-18(22)19(3,24-5)11-7-2/h9-10,13H,6-8,11-12H2,1-5H3,(H,20,22). The Labute approximate surface area is 149 Å². The number of anilines is 1. The van der Waals surface area contributed by atoms with Crippen molar-refractivity contribution in [1.29, 1.82) is 0 Å². The van der Waals surface area contributed by atoms with Crippen molar-refractivity contribution in [2.24, 2.45) is 0 Å². The third-order valence-corrected chi connectivity index (χ3v) is 4.06. The van der Waals surface area contributed by atoms with Gasteiger partial charge in [-0.1, -0.05) is 26.7 Å². The van der Waals surface area contributed by atoms with E-state index in [9.17, 15) is 9.59 Å². The second-order valence-electron chi connectivity index (χ2n) is 6.04. The fraction of sp³-hybridized carbons (Fsp3) is 0.579. The summed E-state index contributed by atoms with van der Waals surface area (Å²) in [4.78, 5) is 24.5. The quantitative estimate of drug-likeness (QED) is 0.513. The molecule has 6 nitrogen and oxygen atoms in total. The van der Waals surface area contributed by atoms with Crippen molar-refractivity contribution >= 4 is 17.6 Å². The normalized spacial score (nSPS) is 13.0. The van der Waals surface area contributed by atoms with Crippen molar-refractivity contribution in [3.8, 4) is 5.75 Å². The molecule has 1 N–H and O–H groups in total. The van der Waals surface area contributed by atoms with Gasteiger partial charge in [0.25, 0.3) is 5.91 Å². The fourth-order valence-corrected chi connectivity index (χ4v) is 2.38. The number of methoxy groups -OCH3 is 2. The molecule has 25 heavy (non-hydrogen) atoms. The molecule has 1 rings (SSSR count). The lowest BCUT2D eigenvalue weighted by Gasteiger charge is -2.26. The Morgan fingerprint density at radius 3 is 2.44 bits per heavy atom. The summed E-state index contributed by atoms with van der Waals surface area (Å²) in [6.45, 7) is 6.31. The summed E-state index contributed by atoms with van der Waals surface area (Å²) in [6.07, 6.45) is 3.30. The van der Waals surface area contributed by atoms with E-state index in [0.717, 1.165) is 19.3 Å². The first kappa shape index (κ1) is 21.0. The fourth-order valence-electron chi connectivity index (χ4n) is 2.38. The molecular formula is C19H29NO5. The number of unbranched alkanes of at least 4 members (excludes halogenated alkanes) is 1. The van der Waals surface area contributed by atoms with E-state index < -0.39 is 11.6 Å². The van der Waals surface area contributed by atoms with Gasteiger partial charge in [0.05, 0.1) is 13.7 Å². The van der Waals surface area contributed by atoms with E-state index in [0.29, 0.717) is 24.5 Å². The van der Waals surface area contributed by atoms with Crippen molar-refractivity contribution in [2.45, 2.75) is 52.1 Å². The highest BCUT2D eigenvalue weighted by molar-refractivity contribution is 5.99. The van der Waals surface area contributed by atoms with Crippen molar-refractivity contribution < 1.29 is 23.8 Å². The number of ether oxygens (including phenoxy) is 3. The SMILES string of the molecule is CCCCOc1ccc(NC(=O)C(C)(CCC)OC)cc1C(=O)OC. The van der Waals surface area contributed by atoms with Crippen LogP contribution in [-0.2, 0) is 14.3 Å². The van der Waals surface area contributed by atoms with E-state index in [1.807, 2.05) is 6.92 Å². The number of benzene rings is 1. The van der Waals surface area contributed by atoms with Crippen LogP contribution >= 0.6 is 0 Å². The van der Waals surface area contributed by atoms with Crippen molar-refractivity contribution in [2.75, 3.05) is 26.1 Å². The van der Waals surface area contributed by atoms with Gasteiger partial charge in [0.15, 0.2) is 0 Å². The number of hydrogen-bond donors (Lipinski definition) is 1. The molecule has 0 aliphatic heterocycles. The third-order valence-electron chi connectivity index (χ3n) is 4.06. The van der Waals surface area contributed by atoms with Gasteiger partial charge in [-0.05, 0) is 38.0 Å². The zero-order valence-corrected chi connectivity index (χ0v) is 15.8. The Hall–Kier alpha value is -2.08. The van der Waals surface area contributed by atoms with Crippen LogP contribution in [0.3, 0.4) is 0 Å². The van der Waals surface area contributed by atoms with Gasteiger partial charge >= 0.3 is 5.97 Å². The average Bonchev–Trinajstić information content (AvgIpc) is 2.62. The molecule has 1 amide bonds. The number of esters is 1. The van der Waals surface area contributed by atoms with E-state index in [4.69, 9.17) is 14.2 Å². The predicted octanol–water partition coefficient (Wildman–Crippen LogP) is 3.80. The summed E-state index contributed by atoms with van der Waals surface area (Å²) in [5.41, 5.74) is -0.144. The van der Waals surface area contributed by atoms with Crippen LogP contribution in [-0.4, -0.2) is 38.3 Å². The van der Waals surface area contributed by atoms with Gasteiger partial charge in [-0.2, -0.15) is 0 Å². The molecule has 0 heterocycles. The zero-order valence-electron chi connectivity index (χ0n) is 15.8. The predicted molar refractivity (Wildman–Crippen MR) is 97.1 cm³/mol. The maximum atomic E-state index is 12.5. The molecule has 0 aliphatic carbocycles. The van der Waals surface area contributed by atoms with Crippen LogP contribution in [0.15, 0.2) is 18.2 Å². The monoisotopic (exact) mass is 351 g/mol. The molecule has 1 atom stereocenters. The first-order valence-electron chi connectivity index (χ1n) is 8.63. The van der Waals surface area contributed by atoms with Gasteiger partial charge in [-0.25, -0.2) is 4.79 Å². The smallest absolute Gasteiger partial charge is 0.341 e. The summed E-state index contributed by atoms with van der Waals surface area (Å²) in [5.74, 6) is -0.320. The molecule has 1 aromatic rings. The lowest BCUT2D eigenvalue weighted by Crippen LogP contribution is -2.41. The maximum absolute atomic E-state index is 12.5. The highest BCUT2D eigenvalue weighted by Gasteiger charge is 2.32. The summed E-state index contributed by atoms with van der Waals surface area (Å²) in [7, 11) is 2.83. The molecular weight excluding hydrogens is 322 g/mol. The minimum atomic E-state index is -0.920. The lowest BCUT2D eigenvalue weighted by atomic mass is 9.99. The van der Waals surface area contributed by atoms with E-state index in [1.165, 1.54) is 14.2 Å². The zero-order chi connectivity index (χ0) is 18.9. The van der Waals surface area contributed by atoms with Crippen molar-refractivity contribution in [3.63, 3.8) is 0 Å². The maximum Gasteiger partial charge on any atom is 0.341 e. The molecule has 0 aromatic heterocycles.